The number of carboxylic acids is 1. The molecule has 20 heavy (non-hydrogen) atoms. The molecule has 1 aromatic carbocycles. The standard InChI is InChI=1S/C15H20ClNO3/c1-9(2)6-12(15(19)20)8-17-14(18)11-4-5-13(16)10(3)7-11/h4-5,7,9,12H,6,8H2,1-3H3,(H,17,18)(H,19,20). The monoisotopic (exact) mass is 297 g/mol. The lowest BCUT2D eigenvalue weighted by Gasteiger charge is -2.15. The largest absolute Gasteiger partial charge is 0.481 e. The Morgan fingerprint density at radius 2 is 2.00 bits per heavy atom. The molecule has 1 atom stereocenters. The van der Waals surface area contributed by atoms with Crippen molar-refractivity contribution in [2.45, 2.75) is 27.2 Å². The van der Waals surface area contributed by atoms with Crippen LogP contribution in [-0.2, 0) is 4.79 Å². The molecule has 0 radical (unpaired) electrons. The molecule has 0 saturated carbocycles. The number of carbonyl (C=O) groups excluding carboxylic acids is 1. The van der Waals surface area contributed by atoms with Gasteiger partial charge in [-0.1, -0.05) is 25.4 Å². The van der Waals surface area contributed by atoms with Gasteiger partial charge in [0, 0.05) is 17.1 Å². The highest BCUT2D eigenvalue weighted by molar-refractivity contribution is 6.31. The summed E-state index contributed by atoms with van der Waals surface area (Å²) in [5.74, 6) is -1.45. The van der Waals surface area contributed by atoms with Crippen molar-refractivity contribution in [3.63, 3.8) is 0 Å². The number of nitrogens with one attached hydrogen (secondary N) is 1. The SMILES string of the molecule is Cc1cc(C(=O)NCC(CC(C)C)C(=O)O)ccc1Cl. The Bertz CT molecular complexity index is 500. The number of rotatable bonds is 6. The molecule has 0 aliphatic heterocycles. The molecule has 0 fully saturated rings. The van der Waals surface area contributed by atoms with Crippen LogP contribution < -0.4 is 5.32 Å². The van der Waals surface area contributed by atoms with Crippen LogP contribution >= 0.6 is 11.6 Å². The van der Waals surface area contributed by atoms with Crippen molar-refractivity contribution < 1.29 is 14.7 Å². The average Bonchev–Trinajstić information content (AvgIpc) is 2.36. The number of aryl methyl sites for hydroxylation is 1. The number of aliphatic carboxylic acids is 1. The van der Waals surface area contributed by atoms with Gasteiger partial charge >= 0.3 is 5.97 Å². The quantitative estimate of drug-likeness (QED) is 0.848. The van der Waals surface area contributed by atoms with E-state index in [0.29, 0.717) is 17.0 Å². The Morgan fingerprint density at radius 1 is 1.35 bits per heavy atom. The van der Waals surface area contributed by atoms with Crippen LogP contribution in [0.3, 0.4) is 0 Å². The van der Waals surface area contributed by atoms with Gasteiger partial charge < -0.3 is 10.4 Å². The fourth-order valence-corrected chi connectivity index (χ4v) is 2.06. The molecule has 0 saturated heterocycles. The first kappa shape index (κ1) is 16.5. The topological polar surface area (TPSA) is 66.4 Å². The molecule has 110 valence electrons. The first-order valence-electron chi connectivity index (χ1n) is 6.58. The molecular weight excluding hydrogens is 278 g/mol. The third-order valence-corrected chi connectivity index (χ3v) is 3.46. The number of benzene rings is 1. The first-order valence-corrected chi connectivity index (χ1v) is 6.96. The summed E-state index contributed by atoms with van der Waals surface area (Å²) in [7, 11) is 0. The van der Waals surface area contributed by atoms with Crippen molar-refractivity contribution in [1.82, 2.24) is 5.32 Å². The van der Waals surface area contributed by atoms with E-state index in [1.54, 1.807) is 18.2 Å². The minimum atomic E-state index is -0.883. The van der Waals surface area contributed by atoms with Crippen LogP contribution in [0.4, 0.5) is 0 Å². The Hall–Kier alpha value is -1.55. The van der Waals surface area contributed by atoms with E-state index in [4.69, 9.17) is 16.7 Å². The number of carbonyl (C=O) groups is 2. The molecule has 1 unspecified atom stereocenters. The third-order valence-electron chi connectivity index (χ3n) is 3.03. The number of halogens is 1. The second-order valence-corrected chi connectivity index (χ2v) is 5.75. The number of carboxylic acid groups (broad SMARTS) is 1. The molecule has 1 rings (SSSR count). The van der Waals surface area contributed by atoms with Gasteiger partial charge in [-0.3, -0.25) is 9.59 Å². The summed E-state index contributed by atoms with van der Waals surface area (Å²) >= 11 is 5.90. The molecule has 0 bridgehead atoms. The normalized spacial score (nSPS) is 12.2. The van der Waals surface area contributed by atoms with Gasteiger partial charge in [0.15, 0.2) is 0 Å². The van der Waals surface area contributed by atoms with Crippen molar-refractivity contribution in [3.05, 3.63) is 34.3 Å². The summed E-state index contributed by atoms with van der Waals surface area (Å²) in [6.07, 6.45) is 0.537. The van der Waals surface area contributed by atoms with E-state index in [0.717, 1.165) is 5.56 Å². The van der Waals surface area contributed by atoms with Crippen LogP contribution in [0.15, 0.2) is 18.2 Å². The maximum absolute atomic E-state index is 12.0. The molecule has 1 amide bonds. The summed E-state index contributed by atoms with van der Waals surface area (Å²) in [4.78, 5) is 23.1. The Balaban J connectivity index is 2.65. The van der Waals surface area contributed by atoms with Crippen LogP contribution in [-0.4, -0.2) is 23.5 Å². The number of hydrogen-bond acceptors (Lipinski definition) is 2. The van der Waals surface area contributed by atoms with E-state index in [1.807, 2.05) is 20.8 Å². The first-order chi connectivity index (χ1) is 9.31. The highest BCUT2D eigenvalue weighted by Gasteiger charge is 2.20. The summed E-state index contributed by atoms with van der Waals surface area (Å²) < 4.78 is 0. The summed E-state index contributed by atoms with van der Waals surface area (Å²) in [5.41, 5.74) is 1.30. The molecule has 2 N–H and O–H groups in total. The predicted octanol–water partition coefficient (Wildman–Crippen LogP) is 3.13. The van der Waals surface area contributed by atoms with Gasteiger partial charge in [0.25, 0.3) is 5.91 Å². The van der Waals surface area contributed by atoms with E-state index >= 15 is 0 Å². The average molecular weight is 298 g/mol. The van der Waals surface area contributed by atoms with Crippen molar-refractivity contribution in [3.8, 4) is 0 Å². The van der Waals surface area contributed by atoms with Crippen LogP contribution in [0.1, 0.15) is 36.2 Å². The van der Waals surface area contributed by atoms with E-state index in [1.165, 1.54) is 0 Å². The minimum Gasteiger partial charge on any atom is -0.481 e. The lowest BCUT2D eigenvalue weighted by Crippen LogP contribution is -2.33. The number of hydrogen-bond donors (Lipinski definition) is 2. The minimum absolute atomic E-state index is 0.133. The molecule has 0 aliphatic carbocycles. The molecule has 0 heterocycles. The number of amides is 1. The molecule has 1 aromatic rings. The van der Waals surface area contributed by atoms with Crippen LogP contribution in [0.2, 0.25) is 5.02 Å². The van der Waals surface area contributed by atoms with Crippen molar-refractivity contribution in [1.29, 1.82) is 0 Å². The zero-order valence-electron chi connectivity index (χ0n) is 11.9. The van der Waals surface area contributed by atoms with Gasteiger partial charge in [0.1, 0.15) is 0 Å². The second kappa shape index (κ2) is 7.29. The Kier molecular flexibility index (Phi) is 6.02. The fourth-order valence-electron chi connectivity index (χ4n) is 1.94. The molecular formula is C15H20ClNO3. The van der Waals surface area contributed by atoms with Crippen molar-refractivity contribution in [2.75, 3.05) is 6.54 Å². The second-order valence-electron chi connectivity index (χ2n) is 5.34. The fraction of sp³-hybridized carbons (Fsp3) is 0.467. The van der Waals surface area contributed by atoms with Gasteiger partial charge in [-0.15, -0.1) is 0 Å². The third kappa shape index (κ3) is 4.85. The molecule has 5 heteroatoms. The van der Waals surface area contributed by atoms with Crippen LogP contribution in [0.5, 0.6) is 0 Å². The molecule has 0 spiro atoms. The summed E-state index contributed by atoms with van der Waals surface area (Å²) in [6.45, 7) is 5.87. The van der Waals surface area contributed by atoms with Crippen molar-refractivity contribution in [2.24, 2.45) is 11.8 Å². The zero-order valence-corrected chi connectivity index (χ0v) is 12.7. The van der Waals surface area contributed by atoms with E-state index < -0.39 is 11.9 Å². The predicted molar refractivity (Wildman–Crippen MR) is 79.1 cm³/mol. The Morgan fingerprint density at radius 3 is 2.50 bits per heavy atom. The van der Waals surface area contributed by atoms with E-state index in [-0.39, 0.29) is 18.4 Å². The smallest absolute Gasteiger partial charge is 0.308 e. The molecule has 0 aromatic heterocycles. The highest BCUT2D eigenvalue weighted by Crippen LogP contribution is 2.16. The van der Waals surface area contributed by atoms with Crippen molar-refractivity contribution >= 4 is 23.5 Å². The van der Waals surface area contributed by atoms with Gasteiger partial charge in [-0.25, -0.2) is 0 Å². The molecule has 4 nitrogen and oxygen atoms in total. The van der Waals surface area contributed by atoms with E-state index in [9.17, 15) is 9.59 Å². The highest BCUT2D eigenvalue weighted by atomic mass is 35.5. The zero-order chi connectivity index (χ0) is 15.3. The van der Waals surface area contributed by atoms with E-state index in [2.05, 4.69) is 5.32 Å². The maximum atomic E-state index is 12.0. The van der Waals surface area contributed by atoms with Crippen LogP contribution in [0, 0.1) is 18.8 Å². The lowest BCUT2D eigenvalue weighted by atomic mass is 9.97. The maximum Gasteiger partial charge on any atom is 0.308 e. The van der Waals surface area contributed by atoms with Gasteiger partial charge in [-0.2, -0.15) is 0 Å². The van der Waals surface area contributed by atoms with Gasteiger partial charge in [0.2, 0.25) is 0 Å². The lowest BCUT2D eigenvalue weighted by molar-refractivity contribution is -0.142. The van der Waals surface area contributed by atoms with Crippen LogP contribution in [0.25, 0.3) is 0 Å². The Labute approximate surface area is 124 Å². The summed E-state index contributed by atoms with van der Waals surface area (Å²) in [5, 5.41) is 12.4. The molecule has 0 aliphatic rings. The van der Waals surface area contributed by atoms with Gasteiger partial charge in [0.05, 0.1) is 5.92 Å². The summed E-state index contributed by atoms with van der Waals surface area (Å²) in [6, 6.07) is 4.98. The van der Waals surface area contributed by atoms with Gasteiger partial charge in [-0.05, 0) is 43.0 Å².